The summed E-state index contributed by atoms with van der Waals surface area (Å²) in [6, 6.07) is 11.6. The molecule has 184 valence electrons. The largest absolute Gasteiger partial charge is 0.492 e. The van der Waals surface area contributed by atoms with Crippen molar-refractivity contribution < 1.29 is 13.9 Å². The molecule has 6 heteroatoms. The Kier molecular flexibility index (Phi) is 8.19. The molecule has 1 aromatic carbocycles. The summed E-state index contributed by atoms with van der Waals surface area (Å²) in [4.78, 5) is 21.3. The first kappa shape index (κ1) is 24.6. The molecule has 0 spiro atoms. The zero-order valence-electron chi connectivity index (χ0n) is 20.6. The Balaban J connectivity index is 1.24. The van der Waals surface area contributed by atoms with Gasteiger partial charge in [0.2, 0.25) is 0 Å². The number of hydrogen-bond donors (Lipinski definition) is 0. The van der Waals surface area contributed by atoms with Gasteiger partial charge in [-0.1, -0.05) is 26.0 Å². The maximum Gasteiger partial charge on any atom is 0.253 e. The van der Waals surface area contributed by atoms with Gasteiger partial charge < -0.3 is 14.5 Å². The number of nitrogens with zero attached hydrogens (tertiary/aromatic N) is 3. The fourth-order valence-corrected chi connectivity index (χ4v) is 4.92. The number of likely N-dealkylation sites (tertiary alicyclic amines) is 2. The summed E-state index contributed by atoms with van der Waals surface area (Å²) in [5.74, 6) is 1.38. The van der Waals surface area contributed by atoms with Gasteiger partial charge in [0.1, 0.15) is 11.4 Å². The molecular formula is C28H38FN3O2. The van der Waals surface area contributed by atoms with E-state index < -0.39 is 5.67 Å². The van der Waals surface area contributed by atoms with Gasteiger partial charge in [0, 0.05) is 30.8 Å². The van der Waals surface area contributed by atoms with E-state index in [1.807, 2.05) is 55.1 Å². The van der Waals surface area contributed by atoms with Crippen molar-refractivity contribution in [2.45, 2.75) is 58.0 Å². The minimum Gasteiger partial charge on any atom is -0.492 e. The van der Waals surface area contributed by atoms with Crippen LogP contribution >= 0.6 is 0 Å². The molecule has 4 rings (SSSR count). The van der Waals surface area contributed by atoms with Gasteiger partial charge in [0.25, 0.3) is 5.91 Å². The number of hydrogen-bond acceptors (Lipinski definition) is 4. The Labute approximate surface area is 203 Å². The van der Waals surface area contributed by atoms with Crippen LogP contribution in [0.1, 0.15) is 62.7 Å². The van der Waals surface area contributed by atoms with Gasteiger partial charge in [-0.2, -0.15) is 0 Å². The molecule has 0 radical (unpaired) electrons. The lowest BCUT2D eigenvalue weighted by Gasteiger charge is -2.36. The second kappa shape index (κ2) is 11.3. The van der Waals surface area contributed by atoms with E-state index in [9.17, 15) is 9.18 Å². The van der Waals surface area contributed by atoms with E-state index in [2.05, 4.69) is 9.88 Å². The van der Waals surface area contributed by atoms with Crippen molar-refractivity contribution in [3.63, 3.8) is 0 Å². The van der Waals surface area contributed by atoms with Crippen LogP contribution < -0.4 is 4.74 Å². The van der Waals surface area contributed by atoms with Gasteiger partial charge in [0.05, 0.1) is 18.5 Å². The smallest absolute Gasteiger partial charge is 0.253 e. The van der Waals surface area contributed by atoms with Gasteiger partial charge in [-0.05, 0) is 81.8 Å². The Bertz CT molecular complexity index is 914. The summed E-state index contributed by atoms with van der Waals surface area (Å²) in [5, 5.41) is 0. The highest BCUT2D eigenvalue weighted by atomic mass is 19.1. The molecule has 5 nitrogen and oxygen atoms in total. The third-order valence-electron chi connectivity index (χ3n) is 7.52. The van der Waals surface area contributed by atoms with Crippen molar-refractivity contribution in [3.05, 3.63) is 48.2 Å². The number of alkyl halides is 1. The van der Waals surface area contributed by atoms with Crippen molar-refractivity contribution in [2.75, 3.05) is 39.3 Å². The average molecular weight is 468 g/mol. The number of rotatable bonds is 9. The van der Waals surface area contributed by atoms with Crippen LogP contribution in [-0.2, 0) is 0 Å². The van der Waals surface area contributed by atoms with Crippen molar-refractivity contribution in [3.8, 4) is 17.0 Å². The predicted octanol–water partition coefficient (Wildman–Crippen LogP) is 5.60. The number of halogens is 1. The SMILES string of the molecule is CCC(F)(CC)CN1CCC(COc2ccc(-c3ccc(C(=O)N4CCCC4)cc3)nc2)CC1. The van der Waals surface area contributed by atoms with E-state index in [1.165, 1.54) is 0 Å². The van der Waals surface area contributed by atoms with E-state index in [-0.39, 0.29) is 5.91 Å². The van der Waals surface area contributed by atoms with E-state index >= 15 is 0 Å². The highest BCUT2D eigenvalue weighted by Gasteiger charge is 2.30. The Morgan fingerprint density at radius 2 is 1.71 bits per heavy atom. The monoisotopic (exact) mass is 467 g/mol. The number of piperidine rings is 1. The quantitative estimate of drug-likeness (QED) is 0.481. The second-order valence-electron chi connectivity index (χ2n) is 9.84. The fraction of sp³-hybridized carbons (Fsp3) is 0.571. The first-order valence-corrected chi connectivity index (χ1v) is 12.9. The molecule has 3 heterocycles. The molecule has 2 fully saturated rings. The maximum absolute atomic E-state index is 14.7. The molecular weight excluding hydrogens is 429 g/mol. The van der Waals surface area contributed by atoms with Gasteiger partial charge in [-0.3, -0.25) is 9.78 Å². The molecule has 1 amide bonds. The van der Waals surface area contributed by atoms with Gasteiger partial charge in [-0.25, -0.2) is 4.39 Å². The van der Waals surface area contributed by atoms with Crippen LogP contribution in [0.4, 0.5) is 4.39 Å². The third-order valence-corrected chi connectivity index (χ3v) is 7.52. The lowest BCUT2D eigenvalue weighted by atomic mass is 9.94. The van der Waals surface area contributed by atoms with E-state index in [4.69, 9.17) is 4.74 Å². The van der Waals surface area contributed by atoms with Crippen molar-refractivity contribution in [1.29, 1.82) is 0 Å². The van der Waals surface area contributed by atoms with E-state index in [1.54, 1.807) is 6.20 Å². The highest BCUT2D eigenvalue weighted by Crippen LogP contribution is 2.26. The molecule has 34 heavy (non-hydrogen) atoms. The summed E-state index contributed by atoms with van der Waals surface area (Å²) >= 11 is 0. The first-order valence-electron chi connectivity index (χ1n) is 12.9. The number of carbonyl (C=O) groups is 1. The average Bonchev–Trinajstić information content (AvgIpc) is 3.43. The zero-order valence-corrected chi connectivity index (χ0v) is 20.6. The molecule has 0 bridgehead atoms. The lowest BCUT2D eigenvalue weighted by Crippen LogP contribution is -2.44. The minimum absolute atomic E-state index is 0.117. The number of aromatic nitrogens is 1. The minimum atomic E-state index is -1.06. The normalized spacial score (nSPS) is 17.8. The molecule has 2 aromatic rings. The second-order valence-corrected chi connectivity index (χ2v) is 9.84. The van der Waals surface area contributed by atoms with Crippen molar-refractivity contribution in [1.82, 2.24) is 14.8 Å². The van der Waals surface area contributed by atoms with Crippen LogP contribution in [-0.4, -0.2) is 65.7 Å². The molecule has 0 N–H and O–H groups in total. The summed E-state index contributed by atoms with van der Waals surface area (Å²) in [6.45, 7) is 8.69. The molecule has 2 aliphatic heterocycles. The number of amides is 1. The van der Waals surface area contributed by atoms with Crippen LogP contribution in [0.25, 0.3) is 11.3 Å². The molecule has 0 unspecified atom stereocenters. The Hall–Kier alpha value is -2.47. The summed E-state index contributed by atoms with van der Waals surface area (Å²) in [6.07, 6.45) is 7.20. The highest BCUT2D eigenvalue weighted by molar-refractivity contribution is 5.94. The standard InChI is InChI=1S/C28H38FN3O2/c1-3-28(29,4-2)21-31-17-13-22(14-18-31)20-34-25-11-12-26(30-19-25)23-7-9-24(10-8-23)27(33)32-15-5-6-16-32/h7-12,19,22H,3-6,13-18,20-21H2,1-2H3. The molecule has 2 aliphatic rings. The summed E-state index contributed by atoms with van der Waals surface area (Å²) in [5.41, 5.74) is 1.53. The number of carbonyl (C=O) groups excluding carboxylic acids is 1. The van der Waals surface area contributed by atoms with Crippen LogP contribution in [0.5, 0.6) is 5.75 Å². The molecule has 0 aliphatic carbocycles. The molecule has 0 atom stereocenters. The van der Waals surface area contributed by atoms with Gasteiger partial charge in [-0.15, -0.1) is 0 Å². The van der Waals surface area contributed by atoms with Crippen LogP contribution in [0.15, 0.2) is 42.6 Å². The van der Waals surface area contributed by atoms with Gasteiger partial charge >= 0.3 is 0 Å². The fourth-order valence-electron chi connectivity index (χ4n) is 4.92. The third kappa shape index (κ3) is 6.15. The maximum atomic E-state index is 14.7. The number of pyridine rings is 1. The molecule has 1 aromatic heterocycles. The number of ether oxygens (including phenoxy) is 1. The number of benzene rings is 1. The van der Waals surface area contributed by atoms with Crippen LogP contribution in [0.2, 0.25) is 0 Å². The zero-order chi connectivity index (χ0) is 24.0. The predicted molar refractivity (Wildman–Crippen MR) is 134 cm³/mol. The lowest BCUT2D eigenvalue weighted by molar-refractivity contribution is 0.0568. The van der Waals surface area contributed by atoms with Crippen LogP contribution in [0, 0.1) is 5.92 Å². The topological polar surface area (TPSA) is 45.7 Å². The van der Waals surface area contributed by atoms with Crippen LogP contribution in [0.3, 0.4) is 0 Å². The Morgan fingerprint density at radius 1 is 1.03 bits per heavy atom. The Morgan fingerprint density at radius 3 is 2.29 bits per heavy atom. The van der Waals surface area contributed by atoms with Crippen molar-refractivity contribution in [2.24, 2.45) is 5.92 Å². The summed E-state index contributed by atoms with van der Waals surface area (Å²) < 4.78 is 20.7. The first-order chi connectivity index (χ1) is 16.5. The molecule has 2 saturated heterocycles. The van der Waals surface area contributed by atoms with E-state index in [0.717, 1.165) is 74.4 Å². The summed E-state index contributed by atoms with van der Waals surface area (Å²) in [7, 11) is 0. The molecule has 0 saturated carbocycles. The van der Waals surface area contributed by atoms with Crippen molar-refractivity contribution >= 4 is 5.91 Å². The van der Waals surface area contributed by atoms with Gasteiger partial charge in [0.15, 0.2) is 0 Å². The van der Waals surface area contributed by atoms with E-state index in [0.29, 0.717) is 31.9 Å².